The van der Waals surface area contributed by atoms with Crippen LogP contribution >= 0.6 is 0 Å². The molecule has 0 bridgehead atoms. The van der Waals surface area contributed by atoms with Gasteiger partial charge in [-0.3, -0.25) is 24.9 Å². The lowest BCUT2D eigenvalue weighted by Gasteiger charge is -2.04. The molecule has 1 amide bonds. The van der Waals surface area contributed by atoms with Crippen LogP contribution in [0.25, 0.3) is 0 Å². The highest BCUT2D eigenvalue weighted by atomic mass is 19.1. The van der Waals surface area contributed by atoms with Gasteiger partial charge in [0.25, 0.3) is 0 Å². The van der Waals surface area contributed by atoms with Crippen molar-refractivity contribution in [2.24, 2.45) is 0 Å². The molecule has 2 heterocycles. The number of hydrogen-bond acceptors (Lipinski definition) is 6. The molecular weight excluding hydrogens is 369 g/mol. The zero-order valence-corrected chi connectivity index (χ0v) is 15.3. The maximum atomic E-state index is 13.2. The van der Waals surface area contributed by atoms with Crippen LogP contribution in [-0.2, 0) is 17.9 Å². The second-order valence-electron chi connectivity index (χ2n) is 6.19. The number of aromatic nitrogens is 5. The quantitative estimate of drug-likeness (QED) is 0.490. The number of nitro groups is 1. The summed E-state index contributed by atoms with van der Waals surface area (Å²) in [6.45, 7) is 3.65. The van der Waals surface area contributed by atoms with Crippen molar-refractivity contribution in [3.63, 3.8) is 0 Å². The summed E-state index contributed by atoms with van der Waals surface area (Å²) in [5.74, 6) is -0.560. The second kappa shape index (κ2) is 7.94. The molecule has 0 fully saturated rings. The van der Waals surface area contributed by atoms with Crippen molar-refractivity contribution >= 4 is 17.5 Å². The van der Waals surface area contributed by atoms with E-state index < -0.39 is 4.92 Å². The van der Waals surface area contributed by atoms with E-state index in [0.29, 0.717) is 23.5 Å². The Balaban J connectivity index is 1.57. The molecule has 0 unspecified atom stereocenters. The smallest absolute Gasteiger partial charge is 0.293 e. The minimum Gasteiger partial charge on any atom is -0.293 e. The normalized spacial score (nSPS) is 10.8. The average molecular weight is 387 g/mol. The van der Waals surface area contributed by atoms with E-state index in [1.807, 2.05) is 0 Å². The summed E-state index contributed by atoms with van der Waals surface area (Å²) in [6.07, 6.45) is 1.49. The summed E-state index contributed by atoms with van der Waals surface area (Å²) < 4.78 is 16.1. The molecule has 2 aromatic heterocycles. The number of carbonyl (C=O) groups excluding carboxylic acids is 1. The lowest BCUT2D eigenvalue weighted by molar-refractivity contribution is -0.386. The first-order valence-electron chi connectivity index (χ1n) is 8.45. The number of halogens is 1. The Kier molecular flexibility index (Phi) is 5.43. The average Bonchev–Trinajstić information content (AvgIpc) is 3.16. The van der Waals surface area contributed by atoms with E-state index in [-0.39, 0.29) is 36.3 Å². The first kappa shape index (κ1) is 19.1. The lowest BCUT2D eigenvalue weighted by Crippen LogP contribution is -2.16. The highest BCUT2D eigenvalue weighted by Gasteiger charge is 2.22. The monoisotopic (exact) mass is 387 g/mol. The van der Waals surface area contributed by atoms with Crippen LogP contribution in [-0.4, -0.2) is 35.4 Å². The minimum absolute atomic E-state index is 0.0434. The molecule has 0 aliphatic carbocycles. The molecule has 0 spiro atoms. The Labute approximate surface area is 159 Å². The standard InChI is InChI=1S/C17H18FN7O3/c1-11-16(25(27)28)12(2)24(21-11)7-6-15(26)20-17-19-10-23(22-17)9-13-4-3-5-14(18)8-13/h3-5,8,10H,6-7,9H2,1-2H3,(H,20,22,26). The summed E-state index contributed by atoms with van der Waals surface area (Å²) in [7, 11) is 0. The number of amides is 1. The SMILES string of the molecule is Cc1nn(CCC(=O)Nc2ncn(Cc3cccc(F)c3)n2)c(C)c1[N+](=O)[O-]. The molecular formula is C17H18FN7O3. The van der Waals surface area contributed by atoms with Crippen LogP contribution in [0.2, 0.25) is 0 Å². The minimum atomic E-state index is -0.483. The highest BCUT2D eigenvalue weighted by molar-refractivity contribution is 5.88. The van der Waals surface area contributed by atoms with Gasteiger partial charge in [0.15, 0.2) is 0 Å². The fourth-order valence-corrected chi connectivity index (χ4v) is 2.81. The molecule has 0 saturated heterocycles. The van der Waals surface area contributed by atoms with Gasteiger partial charge < -0.3 is 0 Å². The third kappa shape index (κ3) is 4.37. The van der Waals surface area contributed by atoms with Gasteiger partial charge in [-0.1, -0.05) is 12.1 Å². The fraction of sp³-hybridized carbons (Fsp3) is 0.294. The van der Waals surface area contributed by atoms with Gasteiger partial charge in [-0.05, 0) is 31.5 Å². The predicted molar refractivity (Wildman–Crippen MR) is 97.1 cm³/mol. The number of nitrogens with zero attached hydrogens (tertiary/aromatic N) is 6. The summed E-state index contributed by atoms with van der Waals surface area (Å²) in [5.41, 5.74) is 1.38. The van der Waals surface area contributed by atoms with Gasteiger partial charge in [-0.25, -0.2) is 14.1 Å². The number of hydrogen-bond donors (Lipinski definition) is 1. The topological polar surface area (TPSA) is 121 Å². The molecule has 1 N–H and O–H groups in total. The fourth-order valence-electron chi connectivity index (χ4n) is 2.81. The molecule has 1 aromatic carbocycles. The van der Waals surface area contributed by atoms with E-state index >= 15 is 0 Å². The van der Waals surface area contributed by atoms with Crippen LogP contribution in [0.1, 0.15) is 23.4 Å². The van der Waals surface area contributed by atoms with Crippen LogP contribution in [0, 0.1) is 29.8 Å². The second-order valence-corrected chi connectivity index (χ2v) is 6.19. The van der Waals surface area contributed by atoms with E-state index in [9.17, 15) is 19.3 Å². The van der Waals surface area contributed by atoms with Crippen molar-refractivity contribution in [1.82, 2.24) is 24.5 Å². The summed E-state index contributed by atoms with van der Waals surface area (Å²) in [5, 5.41) is 21.8. The predicted octanol–water partition coefficient (Wildman–Crippen LogP) is 2.22. The number of benzene rings is 1. The molecule has 0 aliphatic rings. The van der Waals surface area contributed by atoms with Crippen molar-refractivity contribution in [3.8, 4) is 0 Å². The first-order chi connectivity index (χ1) is 13.3. The van der Waals surface area contributed by atoms with Gasteiger partial charge in [0, 0.05) is 6.42 Å². The molecule has 146 valence electrons. The van der Waals surface area contributed by atoms with Gasteiger partial charge >= 0.3 is 5.69 Å². The summed E-state index contributed by atoms with van der Waals surface area (Å²) >= 11 is 0. The lowest BCUT2D eigenvalue weighted by atomic mass is 10.2. The molecule has 0 atom stereocenters. The van der Waals surface area contributed by atoms with Crippen molar-refractivity contribution in [2.45, 2.75) is 33.4 Å². The van der Waals surface area contributed by atoms with E-state index in [1.165, 1.54) is 27.8 Å². The molecule has 0 aliphatic heterocycles. The van der Waals surface area contributed by atoms with Gasteiger partial charge in [-0.2, -0.15) is 5.10 Å². The van der Waals surface area contributed by atoms with Gasteiger partial charge in [0.1, 0.15) is 23.5 Å². The summed E-state index contributed by atoms with van der Waals surface area (Å²) in [6, 6.07) is 6.12. The van der Waals surface area contributed by atoms with E-state index in [1.54, 1.807) is 26.0 Å². The number of rotatable bonds is 7. The molecule has 3 rings (SSSR count). The van der Waals surface area contributed by atoms with Gasteiger partial charge in [0.05, 0.1) is 18.0 Å². The maximum absolute atomic E-state index is 13.2. The Morgan fingerprint density at radius 2 is 2.11 bits per heavy atom. The van der Waals surface area contributed by atoms with E-state index in [2.05, 4.69) is 20.5 Å². The number of anilines is 1. The molecule has 11 heteroatoms. The third-order valence-electron chi connectivity index (χ3n) is 4.10. The van der Waals surface area contributed by atoms with Gasteiger partial charge in [0.2, 0.25) is 11.9 Å². The summed E-state index contributed by atoms with van der Waals surface area (Å²) in [4.78, 5) is 26.7. The molecule has 10 nitrogen and oxygen atoms in total. The Morgan fingerprint density at radius 1 is 1.32 bits per heavy atom. The van der Waals surface area contributed by atoms with Gasteiger partial charge in [-0.15, -0.1) is 5.10 Å². The van der Waals surface area contributed by atoms with Crippen molar-refractivity contribution in [3.05, 3.63) is 63.5 Å². The van der Waals surface area contributed by atoms with Crippen LogP contribution in [0.5, 0.6) is 0 Å². The van der Waals surface area contributed by atoms with Crippen LogP contribution in [0.3, 0.4) is 0 Å². The number of nitrogens with one attached hydrogen (secondary N) is 1. The van der Waals surface area contributed by atoms with E-state index in [0.717, 1.165) is 0 Å². The van der Waals surface area contributed by atoms with Crippen molar-refractivity contribution in [2.75, 3.05) is 5.32 Å². The molecule has 0 radical (unpaired) electrons. The van der Waals surface area contributed by atoms with Crippen LogP contribution in [0.15, 0.2) is 30.6 Å². The zero-order chi connectivity index (χ0) is 20.3. The van der Waals surface area contributed by atoms with Crippen LogP contribution in [0.4, 0.5) is 16.0 Å². The molecule has 28 heavy (non-hydrogen) atoms. The van der Waals surface area contributed by atoms with Crippen molar-refractivity contribution in [1.29, 1.82) is 0 Å². The maximum Gasteiger partial charge on any atom is 0.312 e. The van der Waals surface area contributed by atoms with Crippen molar-refractivity contribution < 1.29 is 14.1 Å². The molecule has 3 aromatic rings. The first-order valence-corrected chi connectivity index (χ1v) is 8.45. The Bertz CT molecular complexity index is 1030. The van der Waals surface area contributed by atoms with E-state index in [4.69, 9.17) is 0 Å². The largest absolute Gasteiger partial charge is 0.312 e. The molecule has 0 saturated carbocycles. The number of aryl methyl sites for hydroxylation is 2. The Morgan fingerprint density at radius 3 is 2.79 bits per heavy atom. The highest BCUT2D eigenvalue weighted by Crippen LogP contribution is 2.21. The number of carbonyl (C=O) groups is 1. The zero-order valence-electron chi connectivity index (χ0n) is 15.3. The third-order valence-corrected chi connectivity index (χ3v) is 4.10. The van der Waals surface area contributed by atoms with Crippen LogP contribution < -0.4 is 5.32 Å². The Hall–Kier alpha value is -3.63.